The highest BCUT2D eigenvalue weighted by Crippen LogP contribution is 2.44. The minimum absolute atomic E-state index is 0.0229. The molecule has 8 heteroatoms. The third-order valence-corrected chi connectivity index (χ3v) is 7.01. The Morgan fingerprint density at radius 3 is 2.60 bits per heavy atom. The molecule has 1 aromatic heterocycles. The number of aryl methyl sites for hydroxylation is 1. The smallest absolute Gasteiger partial charge is 0.247 e. The van der Waals surface area contributed by atoms with Gasteiger partial charge >= 0.3 is 0 Å². The van der Waals surface area contributed by atoms with Crippen molar-refractivity contribution >= 4 is 35.0 Å². The summed E-state index contributed by atoms with van der Waals surface area (Å²) in [6, 6.07) is 13.5. The Morgan fingerprint density at radius 1 is 1.14 bits per heavy atom. The number of nitrogens with zero attached hydrogens (tertiary/aromatic N) is 4. The molecular weight excluding hydrogens is 480 g/mol. The Kier molecular flexibility index (Phi) is 8.29. The van der Waals surface area contributed by atoms with Gasteiger partial charge in [0.2, 0.25) is 23.2 Å². The van der Waals surface area contributed by atoms with Crippen molar-refractivity contribution < 1.29 is 9.53 Å². The Bertz CT molecular complexity index is 1190. The van der Waals surface area contributed by atoms with Gasteiger partial charge in [0.25, 0.3) is 0 Å². The number of amides is 1. The summed E-state index contributed by atoms with van der Waals surface area (Å²) in [6.45, 7) is 8.49. The number of hydrogen-bond donors (Lipinski definition) is 0. The van der Waals surface area contributed by atoms with E-state index in [1.807, 2.05) is 31.2 Å². The largest absolute Gasteiger partial charge is 0.447 e. The zero-order valence-electron chi connectivity index (χ0n) is 20.6. The second-order valence-electron chi connectivity index (χ2n) is 9.02. The van der Waals surface area contributed by atoms with Gasteiger partial charge in [-0.05, 0) is 55.0 Å². The number of aromatic nitrogens is 3. The number of benzene rings is 2. The van der Waals surface area contributed by atoms with E-state index in [9.17, 15) is 4.79 Å². The van der Waals surface area contributed by atoms with E-state index in [-0.39, 0.29) is 5.91 Å². The van der Waals surface area contributed by atoms with Crippen LogP contribution in [0, 0.1) is 5.92 Å². The van der Waals surface area contributed by atoms with Crippen LogP contribution >= 0.6 is 23.4 Å². The van der Waals surface area contributed by atoms with Crippen molar-refractivity contribution in [1.29, 1.82) is 0 Å². The SMILES string of the molecule is CCCC(=O)N1c2ccc(CC)cc2-c2nnc(SCCC(C)C)nc2O[C@H]1c1ccc(Cl)cc1. The molecule has 184 valence electrons. The summed E-state index contributed by atoms with van der Waals surface area (Å²) in [5, 5.41) is 10.2. The molecule has 2 heterocycles. The second-order valence-corrected chi connectivity index (χ2v) is 10.5. The fourth-order valence-electron chi connectivity index (χ4n) is 3.93. The van der Waals surface area contributed by atoms with Gasteiger partial charge in [0, 0.05) is 28.3 Å². The molecule has 1 aliphatic heterocycles. The molecule has 6 nitrogen and oxygen atoms in total. The van der Waals surface area contributed by atoms with Gasteiger partial charge in [-0.25, -0.2) is 0 Å². The molecule has 0 unspecified atom stereocenters. The quantitative estimate of drug-likeness (QED) is 0.300. The van der Waals surface area contributed by atoms with E-state index in [0.717, 1.165) is 47.4 Å². The number of ether oxygens (including phenoxy) is 1. The van der Waals surface area contributed by atoms with E-state index in [2.05, 4.69) is 37.0 Å². The molecule has 1 amide bonds. The monoisotopic (exact) mass is 510 g/mol. The van der Waals surface area contributed by atoms with Gasteiger partial charge in [-0.15, -0.1) is 10.2 Å². The van der Waals surface area contributed by atoms with Crippen LogP contribution in [0.4, 0.5) is 5.69 Å². The summed E-state index contributed by atoms with van der Waals surface area (Å²) in [5.41, 5.74) is 4.05. The summed E-state index contributed by atoms with van der Waals surface area (Å²) >= 11 is 7.73. The normalized spacial score (nSPS) is 14.8. The Hall–Kier alpha value is -2.64. The first-order valence-corrected chi connectivity index (χ1v) is 13.5. The molecule has 0 N–H and O–H groups in total. The van der Waals surface area contributed by atoms with Gasteiger partial charge in [0.05, 0.1) is 5.69 Å². The van der Waals surface area contributed by atoms with Gasteiger partial charge in [-0.1, -0.05) is 69.3 Å². The van der Waals surface area contributed by atoms with Crippen LogP contribution in [-0.4, -0.2) is 26.8 Å². The first-order chi connectivity index (χ1) is 16.9. The van der Waals surface area contributed by atoms with Crippen LogP contribution in [0.2, 0.25) is 5.02 Å². The third-order valence-electron chi connectivity index (χ3n) is 5.89. The third kappa shape index (κ3) is 5.78. The fraction of sp³-hybridized carbons (Fsp3) is 0.407. The average Bonchev–Trinajstić information content (AvgIpc) is 2.98. The minimum Gasteiger partial charge on any atom is -0.447 e. The van der Waals surface area contributed by atoms with Gasteiger partial charge < -0.3 is 4.74 Å². The van der Waals surface area contributed by atoms with Crippen LogP contribution < -0.4 is 9.64 Å². The zero-order chi connectivity index (χ0) is 24.9. The molecule has 0 saturated heterocycles. The van der Waals surface area contributed by atoms with Gasteiger partial charge in [-0.3, -0.25) is 9.69 Å². The first-order valence-electron chi connectivity index (χ1n) is 12.2. The predicted octanol–water partition coefficient (Wildman–Crippen LogP) is 7.12. The average molecular weight is 511 g/mol. The molecule has 0 saturated carbocycles. The maximum Gasteiger partial charge on any atom is 0.247 e. The molecule has 3 aromatic rings. The Balaban J connectivity index is 1.86. The van der Waals surface area contributed by atoms with E-state index in [1.165, 1.54) is 0 Å². The van der Waals surface area contributed by atoms with Crippen LogP contribution in [0.15, 0.2) is 47.6 Å². The van der Waals surface area contributed by atoms with Crippen molar-refractivity contribution in [2.24, 2.45) is 5.92 Å². The highest BCUT2D eigenvalue weighted by Gasteiger charge is 2.35. The van der Waals surface area contributed by atoms with Crippen molar-refractivity contribution in [3.8, 4) is 17.1 Å². The topological polar surface area (TPSA) is 68.2 Å². The van der Waals surface area contributed by atoms with Gasteiger partial charge in [-0.2, -0.15) is 4.98 Å². The lowest BCUT2D eigenvalue weighted by atomic mass is 10.0. The maximum absolute atomic E-state index is 13.5. The van der Waals surface area contributed by atoms with Crippen molar-refractivity contribution in [3.05, 3.63) is 58.6 Å². The number of carbonyl (C=O) groups is 1. The molecular formula is C27H31ClN4O2S. The van der Waals surface area contributed by atoms with Crippen molar-refractivity contribution in [2.45, 2.75) is 64.8 Å². The summed E-state index contributed by atoms with van der Waals surface area (Å²) < 4.78 is 6.52. The minimum atomic E-state index is -0.705. The molecule has 4 rings (SSSR count). The Morgan fingerprint density at radius 2 is 1.91 bits per heavy atom. The predicted molar refractivity (Wildman–Crippen MR) is 142 cm³/mol. The van der Waals surface area contributed by atoms with Crippen LogP contribution in [0.25, 0.3) is 11.3 Å². The second kappa shape index (κ2) is 11.4. The molecule has 1 atom stereocenters. The lowest BCUT2D eigenvalue weighted by Crippen LogP contribution is -2.37. The van der Waals surface area contributed by atoms with Crippen molar-refractivity contribution in [2.75, 3.05) is 10.7 Å². The van der Waals surface area contributed by atoms with E-state index in [1.54, 1.807) is 28.8 Å². The fourth-order valence-corrected chi connectivity index (χ4v) is 5.07. The van der Waals surface area contributed by atoms with Crippen LogP contribution in [-0.2, 0) is 11.2 Å². The van der Waals surface area contributed by atoms with Crippen molar-refractivity contribution in [3.63, 3.8) is 0 Å². The number of fused-ring (bicyclic) bond motifs is 3. The number of thioether (sulfide) groups is 1. The van der Waals surface area contributed by atoms with E-state index in [4.69, 9.17) is 21.3 Å². The zero-order valence-corrected chi connectivity index (χ0v) is 22.2. The number of halogens is 1. The lowest BCUT2D eigenvalue weighted by molar-refractivity contribution is -0.120. The summed E-state index contributed by atoms with van der Waals surface area (Å²) in [6.07, 6.45) is 2.34. The van der Waals surface area contributed by atoms with E-state index in [0.29, 0.717) is 34.1 Å². The lowest BCUT2D eigenvalue weighted by Gasteiger charge is -2.31. The number of rotatable bonds is 8. The molecule has 0 radical (unpaired) electrons. The number of hydrogen-bond acceptors (Lipinski definition) is 6. The van der Waals surface area contributed by atoms with Crippen LogP contribution in [0.1, 0.15) is 64.3 Å². The maximum atomic E-state index is 13.5. The number of anilines is 1. The molecule has 0 bridgehead atoms. The molecule has 0 aliphatic carbocycles. The van der Waals surface area contributed by atoms with Gasteiger partial charge in [0.15, 0.2) is 5.69 Å². The van der Waals surface area contributed by atoms with E-state index >= 15 is 0 Å². The summed E-state index contributed by atoms with van der Waals surface area (Å²) in [7, 11) is 0. The van der Waals surface area contributed by atoms with E-state index < -0.39 is 6.23 Å². The van der Waals surface area contributed by atoms with Crippen LogP contribution in [0.5, 0.6) is 5.88 Å². The number of carbonyl (C=O) groups excluding carboxylic acids is 1. The Labute approximate surface area is 216 Å². The molecule has 1 aliphatic rings. The summed E-state index contributed by atoms with van der Waals surface area (Å²) in [4.78, 5) is 20.0. The molecule has 0 spiro atoms. The standard InChI is InChI=1S/C27H31ClN4O2S/c1-5-7-23(33)32-22-13-8-18(6-2)16-21(22)24-25(29-27(31-30-24)35-15-14-17(3)4)34-26(32)19-9-11-20(28)12-10-19/h8-13,16-17,26H,5-7,14-15H2,1-4H3/t26-/m0/s1. The summed E-state index contributed by atoms with van der Waals surface area (Å²) in [5.74, 6) is 1.86. The molecule has 2 aromatic carbocycles. The molecule has 35 heavy (non-hydrogen) atoms. The van der Waals surface area contributed by atoms with Gasteiger partial charge in [0.1, 0.15) is 0 Å². The highest BCUT2D eigenvalue weighted by atomic mass is 35.5. The molecule has 0 fully saturated rings. The highest BCUT2D eigenvalue weighted by molar-refractivity contribution is 7.99. The first kappa shape index (κ1) is 25.5. The van der Waals surface area contributed by atoms with Crippen molar-refractivity contribution in [1.82, 2.24) is 15.2 Å². The van der Waals surface area contributed by atoms with Crippen LogP contribution in [0.3, 0.4) is 0 Å².